The first-order chi connectivity index (χ1) is 7.69. The zero-order chi connectivity index (χ0) is 13.5. The Balaban J connectivity index is 3.65. The van der Waals surface area contributed by atoms with Crippen molar-refractivity contribution in [2.75, 3.05) is 13.2 Å². The summed E-state index contributed by atoms with van der Waals surface area (Å²) in [6.07, 6.45) is -4.53. The normalized spacial score (nSPS) is 14.1. The standard InChI is InChI=1S/C10H19F3N2O2/c1-9(2,8(14)15-16)5-7-17-6-3-4-10(11,12)13/h16H,3-7H2,1-2H3,(H2,14,15). The van der Waals surface area contributed by atoms with Crippen molar-refractivity contribution in [1.82, 2.24) is 0 Å². The summed E-state index contributed by atoms with van der Waals surface area (Å²) in [6.45, 7) is 3.87. The fourth-order valence-corrected chi connectivity index (χ4v) is 1.07. The van der Waals surface area contributed by atoms with Crippen molar-refractivity contribution in [3.63, 3.8) is 0 Å². The number of hydrogen-bond donors (Lipinski definition) is 2. The molecule has 0 rings (SSSR count). The van der Waals surface area contributed by atoms with Gasteiger partial charge in [-0.2, -0.15) is 13.2 Å². The van der Waals surface area contributed by atoms with E-state index in [0.717, 1.165) is 0 Å². The second-order valence-electron chi connectivity index (χ2n) is 4.45. The van der Waals surface area contributed by atoms with Gasteiger partial charge >= 0.3 is 6.18 Å². The van der Waals surface area contributed by atoms with Gasteiger partial charge in [0.25, 0.3) is 0 Å². The molecule has 0 atom stereocenters. The van der Waals surface area contributed by atoms with Gasteiger partial charge in [0.05, 0.1) is 0 Å². The lowest BCUT2D eigenvalue weighted by atomic mass is 9.88. The number of nitrogens with two attached hydrogens (primary N) is 1. The van der Waals surface area contributed by atoms with Crippen molar-refractivity contribution in [3.8, 4) is 0 Å². The minimum absolute atomic E-state index is 0.0481. The third-order valence-corrected chi connectivity index (χ3v) is 2.42. The fraction of sp³-hybridized carbons (Fsp3) is 0.900. The Labute approximate surface area is 98.6 Å². The van der Waals surface area contributed by atoms with E-state index in [0.29, 0.717) is 6.42 Å². The highest BCUT2D eigenvalue weighted by atomic mass is 19.4. The van der Waals surface area contributed by atoms with E-state index in [1.54, 1.807) is 13.8 Å². The maximum Gasteiger partial charge on any atom is 0.389 e. The topological polar surface area (TPSA) is 67.8 Å². The number of ether oxygens (including phenoxy) is 1. The third-order valence-electron chi connectivity index (χ3n) is 2.42. The monoisotopic (exact) mass is 256 g/mol. The van der Waals surface area contributed by atoms with Gasteiger partial charge in [-0.3, -0.25) is 0 Å². The summed E-state index contributed by atoms with van der Waals surface area (Å²) in [7, 11) is 0. The first-order valence-corrected chi connectivity index (χ1v) is 5.31. The molecule has 0 aromatic rings. The van der Waals surface area contributed by atoms with Crippen molar-refractivity contribution in [1.29, 1.82) is 0 Å². The maximum absolute atomic E-state index is 11.8. The SMILES string of the molecule is CC(C)(CCOCCCC(F)(F)F)C(N)=NO. The van der Waals surface area contributed by atoms with Crippen molar-refractivity contribution < 1.29 is 23.1 Å². The molecule has 0 heterocycles. The highest BCUT2D eigenvalue weighted by molar-refractivity contribution is 5.85. The minimum atomic E-state index is -4.13. The lowest BCUT2D eigenvalue weighted by Crippen LogP contribution is -2.33. The molecule has 7 heteroatoms. The van der Waals surface area contributed by atoms with Crippen LogP contribution < -0.4 is 5.73 Å². The molecule has 0 saturated heterocycles. The molecule has 0 fully saturated rings. The molecule has 0 aliphatic carbocycles. The van der Waals surface area contributed by atoms with Crippen LogP contribution in [0.15, 0.2) is 5.16 Å². The van der Waals surface area contributed by atoms with Gasteiger partial charge in [-0.05, 0) is 12.8 Å². The molecule has 17 heavy (non-hydrogen) atoms. The van der Waals surface area contributed by atoms with Gasteiger partial charge in [0, 0.05) is 25.0 Å². The van der Waals surface area contributed by atoms with Crippen LogP contribution in [0.3, 0.4) is 0 Å². The Kier molecular flexibility index (Phi) is 6.30. The van der Waals surface area contributed by atoms with E-state index in [4.69, 9.17) is 15.7 Å². The number of halogens is 3. The molecule has 102 valence electrons. The molecule has 0 aromatic carbocycles. The van der Waals surface area contributed by atoms with Gasteiger partial charge in [-0.15, -0.1) is 0 Å². The average molecular weight is 256 g/mol. The van der Waals surface area contributed by atoms with E-state index in [9.17, 15) is 13.2 Å². The highest BCUT2D eigenvalue weighted by Crippen LogP contribution is 2.22. The molecule has 0 bridgehead atoms. The fourth-order valence-electron chi connectivity index (χ4n) is 1.07. The summed E-state index contributed by atoms with van der Waals surface area (Å²) in [6, 6.07) is 0. The maximum atomic E-state index is 11.8. The van der Waals surface area contributed by atoms with Gasteiger partial charge < -0.3 is 15.7 Å². The molecule has 0 unspecified atom stereocenters. The van der Waals surface area contributed by atoms with Crippen LogP contribution in [0, 0.1) is 5.41 Å². The van der Waals surface area contributed by atoms with E-state index < -0.39 is 18.0 Å². The molecule has 0 spiro atoms. The smallest absolute Gasteiger partial charge is 0.389 e. The number of rotatable bonds is 7. The Morgan fingerprint density at radius 3 is 2.29 bits per heavy atom. The average Bonchev–Trinajstić information content (AvgIpc) is 2.20. The van der Waals surface area contributed by atoms with E-state index in [1.165, 1.54) is 0 Å². The number of hydrogen-bond acceptors (Lipinski definition) is 3. The van der Waals surface area contributed by atoms with E-state index >= 15 is 0 Å². The predicted octanol–water partition coefficient (Wildman–Crippen LogP) is 2.51. The molecular formula is C10H19F3N2O2. The number of amidine groups is 1. The molecule has 0 aliphatic heterocycles. The van der Waals surface area contributed by atoms with Crippen LogP contribution >= 0.6 is 0 Å². The van der Waals surface area contributed by atoms with E-state index in [1.807, 2.05) is 0 Å². The lowest BCUT2D eigenvalue weighted by molar-refractivity contribution is -0.138. The first-order valence-electron chi connectivity index (χ1n) is 5.31. The van der Waals surface area contributed by atoms with Gasteiger partial charge in [0.2, 0.25) is 0 Å². The molecule has 0 aliphatic rings. The van der Waals surface area contributed by atoms with Gasteiger partial charge in [0.15, 0.2) is 0 Å². The van der Waals surface area contributed by atoms with Crippen LogP contribution in [0.1, 0.15) is 33.1 Å². The largest absolute Gasteiger partial charge is 0.409 e. The van der Waals surface area contributed by atoms with Crippen molar-refractivity contribution >= 4 is 5.84 Å². The second-order valence-corrected chi connectivity index (χ2v) is 4.45. The zero-order valence-corrected chi connectivity index (χ0v) is 10.0. The lowest BCUT2D eigenvalue weighted by Gasteiger charge is -2.22. The van der Waals surface area contributed by atoms with Crippen LogP contribution in [0.25, 0.3) is 0 Å². The summed E-state index contributed by atoms with van der Waals surface area (Å²) in [5.41, 5.74) is 4.92. The molecule has 0 saturated carbocycles. The van der Waals surface area contributed by atoms with Crippen molar-refractivity contribution in [3.05, 3.63) is 0 Å². The Hall–Kier alpha value is -0.980. The summed E-state index contributed by atoms with van der Waals surface area (Å²) >= 11 is 0. The Bertz CT molecular complexity index is 252. The summed E-state index contributed by atoms with van der Waals surface area (Å²) in [4.78, 5) is 0. The molecule has 4 nitrogen and oxygen atoms in total. The summed E-state index contributed by atoms with van der Waals surface area (Å²) < 4.78 is 40.4. The molecule has 0 aromatic heterocycles. The quantitative estimate of drug-likeness (QED) is 0.242. The molecule has 0 amide bonds. The first kappa shape index (κ1) is 16.0. The minimum Gasteiger partial charge on any atom is -0.409 e. The van der Waals surface area contributed by atoms with Gasteiger partial charge in [0.1, 0.15) is 5.84 Å². The molecule has 0 radical (unpaired) electrons. The van der Waals surface area contributed by atoms with Gasteiger partial charge in [-0.1, -0.05) is 19.0 Å². The Morgan fingerprint density at radius 1 is 1.24 bits per heavy atom. The van der Waals surface area contributed by atoms with Crippen molar-refractivity contribution in [2.45, 2.75) is 39.3 Å². The van der Waals surface area contributed by atoms with Crippen molar-refractivity contribution in [2.24, 2.45) is 16.3 Å². The third kappa shape index (κ3) is 7.84. The summed E-state index contributed by atoms with van der Waals surface area (Å²) in [5, 5.41) is 11.4. The number of alkyl halides is 3. The number of nitrogens with zero attached hydrogens (tertiary/aromatic N) is 1. The second kappa shape index (κ2) is 6.68. The zero-order valence-electron chi connectivity index (χ0n) is 10.0. The van der Waals surface area contributed by atoms with Crippen LogP contribution in [0.2, 0.25) is 0 Å². The van der Waals surface area contributed by atoms with Crippen LogP contribution in [0.5, 0.6) is 0 Å². The van der Waals surface area contributed by atoms with E-state index in [2.05, 4.69) is 5.16 Å². The summed E-state index contributed by atoms with van der Waals surface area (Å²) in [5.74, 6) is 0.0800. The van der Waals surface area contributed by atoms with Crippen LogP contribution in [-0.2, 0) is 4.74 Å². The van der Waals surface area contributed by atoms with Crippen LogP contribution in [-0.4, -0.2) is 30.4 Å². The Morgan fingerprint density at radius 2 is 1.82 bits per heavy atom. The highest BCUT2D eigenvalue weighted by Gasteiger charge is 2.26. The number of oxime groups is 1. The van der Waals surface area contributed by atoms with Gasteiger partial charge in [-0.25, -0.2) is 0 Å². The predicted molar refractivity (Wildman–Crippen MR) is 57.9 cm³/mol. The van der Waals surface area contributed by atoms with Crippen LogP contribution in [0.4, 0.5) is 13.2 Å². The molecule has 3 N–H and O–H groups in total. The van der Waals surface area contributed by atoms with E-state index in [-0.39, 0.29) is 25.5 Å². The molecular weight excluding hydrogens is 237 g/mol.